The Morgan fingerprint density at radius 2 is 1.55 bits per heavy atom. The summed E-state index contributed by atoms with van der Waals surface area (Å²) in [5, 5.41) is 2.26. The van der Waals surface area contributed by atoms with Crippen LogP contribution in [0.2, 0.25) is 0 Å². The molecule has 0 N–H and O–H groups in total. The largest absolute Gasteiger partial charge is 0.455 e. The van der Waals surface area contributed by atoms with Crippen molar-refractivity contribution in [1.82, 2.24) is 9.97 Å². The van der Waals surface area contributed by atoms with Gasteiger partial charge in [0.2, 0.25) is 0 Å². The summed E-state index contributed by atoms with van der Waals surface area (Å²) in [5.74, 6) is 0.440. The monoisotopic (exact) mass is 432 g/mol. The molecule has 6 rings (SSSR count). The van der Waals surface area contributed by atoms with E-state index in [-0.39, 0.29) is 5.41 Å². The smallest absolute Gasteiger partial charge is 0.145 e. The van der Waals surface area contributed by atoms with Gasteiger partial charge in [-0.1, -0.05) is 58.0 Å². The standard InChI is InChI=1S/C30H28N2O/c1-16(2)21-14-24(32-15-18(21)4)25-17(3)9-10-19-20-11-12-22-26(29(20)33-28(19)25)27-23(30(22,5)6)8-7-13-31-27/h7-16H,1-6H3. The summed E-state index contributed by atoms with van der Waals surface area (Å²) in [5.41, 5.74) is 12.2. The number of aryl methyl sites for hydroxylation is 2. The predicted molar refractivity (Wildman–Crippen MR) is 136 cm³/mol. The minimum atomic E-state index is -0.102. The fourth-order valence-electron chi connectivity index (χ4n) is 5.63. The number of benzene rings is 2. The van der Waals surface area contributed by atoms with E-state index in [0.717, 1.165) is 44.5 Å². The minimum Gasteiger partial charge on any atom is -0.455 e. The highest BCUT2D eigenvalue weighted by molar-refractivity contribution is 6.14. The Labute approximate surface area is 194 Å². The second-order valence-corrected chi connectivity index (χ2v) is 10.2. The van der Waals surface area contributed by atoms with E-state index < -0.39 is 0 Å². The van der Waals surface area contributed by atoms with Crippen LogP contribution in [-0.4, -0.2) is 9.97 Å². The molecule has 0 unspecified atom stereocenters. The molecule has 0 radical (unpaired) electrons. The Bertz CT molecular complexity index is 1590. The summed E-state index contributed by atoms with van der Waals surface area (Å²) >= 11 is 0. The van der Waals surface area contributed by atoms with Crippen molar-refractivity contribution in [1.29, 1.82) is 0 Å². The molecular weight excluding hydrogens is 404 g/mol. The highest BCUT2D eigenvalue weighted by Crippen LogP contribution is 2.52. The molecule has 3 nitrogen and oxygen atoms in total. The molecule has 1 aliphatic rings. The number of aromatic nitrogens is 2. The second-order valence-electron chi connectivity index (χ2n) is 10.2. The van der Waals surface area contributed by atoms with Gasteiger partial charge in [0.1, 0.15) is 11.2 Å². The van der Waals surface area contributed by atoms with Gasteiger partial charge in [0.05, 0.1) is 11.4 Å². The van der Waals surface area contributed by atoms with Crippen molar-refractivity contribution in [3.05, 3.63) is 82.7 Å². The number of furan rings is 1. The summed E-state index contributed by atoms with van der Waals surface area (Å²) in [4.78, 5) is 9.61. The van der Waals surface area contributed by atoms with E-state index in [1.807, 2.05) is 18.5 Å². The third-order valence-electron chi connectivity index (χ3n) is 7.43. The molecule has 0 saturated carbocycles. The zero-order chi connectivity index (χ0) is 23.1. The molecule has 0 fully saturated rings. The van der Waals surface area contributed by atoms with Crippen LogP contribution in [0, 0.1) is 13.8 Å². The predicted octanol–water partition coefficient (Wildman–Crippen LogP) is 8.09. The lowest BCUT2D eigenvalue weighted by Crippen LogP contribution is -2.14. The first-order valence-corrected chi connectivity index (χ1v) is 11.7. The Morgan fingerprint density at radius 1 is 0.818 bits per heavy atom. The molecule has 0 saturated heterocycles. The zero-order valence-corrected chi connectivity index (χ0v) is 20.1. The van der Waals surface area contributed by atoms with Gasteiger partial charge in [-0.05, 0) is 59.7 Å². The Hall–Kier alpha value is -3.46. The summed E-state index contributed by atoms with van der Waals surface area (Å²) in [7, 11) is 0. The van der Waals surface area contributed by atoms with Crippen molar-refractivity contribution in [3.8, 4) is 22.5 Å². The van der Waals surface area contributed by atoms with E-state index in [4.69, 9.17) is 14.4 Å². The van der Waals surface area contributed by atoms with Gasteiger partial charge in [-0.2, -0.15) is 0 Å². The molecule has 0 bridgehead atoms. The third kappa shape index (κ3) is 2.68. The van der Waals surface area contributed by atoms with Gasteiger partial charge >= 0.3 is 0 Å². The Balaban J connectivity index is 1.70. The van der Waals surface area contributed by atoms with Crippen LogP contribution in [0.3, 0.4) is 0 Å². The maximum absolute atomic E-state index is 6.76. The molecule has 3 aromatic heterocycles. The van der Waals surface area contributed by atoms with Crippen LogP contribution in [0.4, 0.5) is 0 Å². The fraction of sp³-hybridized carbons (Fsp3) is 0.267. The van der Waals surface area contributed by atoms with Crippen LogP contribution >= 0.6 is 0 Å². The van der Waals surface area contributed by atoms with Gasteiger partial charge in [0.15, 0.2) is 0 Å². The van der Waals surface area contributed by atoms with Gasteiger partial charge in [-0.25, -0.2) is 0 Å². The van der Waals surface area contributed by atoms with Crippen LogP contribution in [-0.2, 0) is 5.41 Å². The lowest BCUT2D eigenvalue weighted by atomic mass is 9.82. The SMILES string of the molecule is Cc1cnc(-c2c(C)ccc3c2oc2c4c(ccc23)C(C)(C)c2cccnc2-4)cc1C(C)C. The van der Waals surface area contributed by atoms with E-state index in [2.05, 4.69) is 77.9 Å². The van der Waals surface area contributed by atoms with Crippen molar-refractivity contribution < 1.29 is 4.42 Å². The molecule has 33 heavy (non-hydrogen) atoms. The van der Waals surface area contributed by atoms with Crippen LogP contribution in [0.15, 0.2) is 59.3 Å². The topological polar surface area (TPSA) is 38.9 Å². The number of hydrogen-bond donors (Lipinski definition) is 0. The average molecular weight is 433 g/mol. The summed E-state index contributed by atoms with van der Waals surface area (Å²) in [6.45, 7) is 13.3. The van der Waals surface area contributed by atoms with E-state index in [1.165, 1.54) is 27.8 Å². The number of nitrogens with zero attached hydrogens (tertiary/aromatic N) is 2. The normalized spacial score (nSPS) is 14.3. The van der Waals surface area contributed by atoms with E-state index in [1.54, 1.807) is 0 Å². The fourth-order valence-corrected chi connectivity index (χ4v) is 5.63. The molecule has 164 valence electrons. The molecule has 1 aliphatic carbocycles. The molecular formula is C30H28N2O. The summed E-state index contributed by atoms with van der Waals surface area (Å²) in [6, 6.07) is 15.3. The lowest BCUT2D eigenvalue weighted by Gasteiger charge is -2.20. The average Bonchev–Trinajstić information content (AvgIpc) is 3.27. The molecule has 2 aromatic carbocycles. The quantitative estimate of drug-likeness (QED) is 0.283. The lowest BCUT2D eigenvalue weighted by molar-refractivity contribution is 0.653. The minimum absolute atomic E-state index is 0.102. The Morgan fingerprint density at radius 3 is 2.30 bits per heavy atom. The molecule has 0 atom stereocenters. The summed E-state index contributed by atoms with van der Waals surface area (Å²) < 4.78 is 6.76. The highest BCUT2D eigenvalue weighted by Gasteiger charge is 2.38. The van der Waals surface area contributed by atoms with E-state index in [0.29, 0.717) is 5.92 Å². The summed E-state index contributed by atoms with van der Waals surface area (Å²) in [6.07, 6.45) is 3.87. The zero-order valence-electron chi connectivity index (χ0n) is 20.1. The maximum Gasteiger partial charge on any atom is 0.145 e. The van der Waals surface area contributed by atoms with Crippen LogP contribution in [0.1, 0.15) is 61.4 Å². The van der Waals surface area contributed by atoms with Gasteiger partial charge in [-0.15, -0.1) is 0 Å². The molecule has 0 aliphatic heterocycles. The van der Waals surface area contributed by atoms with Crippen LogP contribution < -0.4 is 0 Å². The third-order valence-corrected chi connectivity index (χ3v) is 7.43. The highest BCUT2D eigenvalue weighted by atomic mass is 16.3. The van der Waals surface area contributed by atoms with E-state index in [9.17, 15) is 0 Å². The van der Waals surface area contributed by atoms with E-state index >= 15 is 0 Å². The van der Waals surface area contributed by atoms with Crippen molar-refractivity contribution >= 4 is 21.9 Å². The van der Waals surface area contributed by atoms with Gasteiger partial charge in [0.25, 0.3) is 0 Å². The first-order chi connectivity index (χ1) is 15.8. The molecule has 0 amide bonds. The first kappa shape index (κ1) is 20.2. The molecule has 3 heteroatoms. The van der Waals surface area contributed by atoms with Crippen LogP contribution in [0.25, 0.3) is 44.5 Å². The molecule has 5 aromatic rings. The maximum atomic E-state index is 6.76. The molecule has 0 spiro atoms. The number of pyridine rings is 2. The van der Waals surface area contributed by atoms with Gasteiger partial charge < -0.3 is 4.42 Å². The number of fused-ring (bicyclic) bond motifs is 7. The van der Waals surface area contributed by atoms with Gasteiger partial charge in [-0.3, -0.25) is 9.97 Å². The van der Waals surface area contributed by atoms with Crippen molar-refractivity contribution in [3.63, 3.8) is 0 Å². The molecule has 3 heterocycles. The first-order valence-electron chi connectivity index (χ1n) is 11.7. The number of hydrogen-bond acceptors (Lipinski definition) is 3. The number of rotatable bonds is 2. The van der Waals surface area contributed by atoms with Gasteiger partial charge in [0, 0.05) is 39.7 Å². The van der Waals surface area contributed by atoms with Crippen LogP contribution in [0.5, 0.6) is 0 Å². The van der Waals surface area contributed by atoms with Crippen molar-refractivity contribution in [2.24, 2.45) is 0 Å². The van der Waals surface area contributed by atoms with Crippen molar-refractivity contribution in [2.75, 3.05) is 0 Å². The van der Waals surface area contributed by atoms with Crippen molar-refractivity contribution in [2.45, 2.75) is 52.9 Å². The second kappa shape index (κ2) is 6.77. The Kier molecular flexibility index (Phi) is 4.14.